The maximum absolute atomic E-state index is 12.8. The lowest BCUT2D eigenvalue weighted by Crippen LogP contribution is -2.44. The number of carbonyl (C=O) groups excluding carboxylic acids is 3. The molecule has 3 rings (SSSR count). The average Bonchev–Trinajstić information content (AvgIpc) is 2.80. The summed E-state index contributed by atoms with van der Waals surface area (Å²) < 4.78 is 4.82. The van der Waals surface area contributed by atoms with E-state index in [1.807, 2.05) is 38.1 Å². The smallest absolute Gasteiger partial charge is 0.319 e. The van der Waals surface area contributed by atoms with Gasteiger partial charge in [-0.15, -0.1) is 0 Å². The second-order valence-electron chi connectivity index (χ2n) is 7.32. The molecule has 0 saturated carbocycles. The largest absolute Gasteiger partial charge is 0.468 e. The first-order valence-corrected chi connectivity index (χ1v) is 10.9. The van der Waals surface area contributed by atoms with Crippen molar-refractivity contribution in [3.05, 3.63) is 75.8 Å². The van der Waals surface area contributed by atoms with Gasteiger partial charge in [-0.3, -0.25) is 14.4 Å². The van der Waals surface area contributed by atoms with Crippen LogP contribution in [-0.2, 0) is 19.1 Å². The molecule has 0 spiro atoms. The fourth-order valence-electron chi connectivity index (χ4n) is 3.55. The van der Waals surface area contributed by atoms with E-state index in [0.29, 0.717) is 11.3 Å². The molecular formula is C24H23N3O4S. The van der Waals surface area contributed by atoms with E-state index in [1.54, 1.807) is 24.3 Å². The first-order valence-electron chi connectivity index (χ1n) is 9.94. The molecule has 2 aromatic carbocycles. The molecule has 1 aliphatic heterocycles. The molecule has 2 amide bonds. The maximum Gasteiger partial charge on any atom is 0.319 e. The summed E-state index contributed by atoms with van der Waals surface area (Å²) in [5.41, 5.74) is 3.61. The van der Waals surface area contributed by atoms with E-state index in [-0.39, 0.29) is 22.3 Å². The third kappa shape index (κ3) is 4.84. The van der Waals surface area contributed by atoms with E-state index in [1.165, 1.54) is 7.11 Å². The number of nitrogens with zero attached hydrogens (tertiary/aromatic N) is 1. The number of ether oxygens (including phenoxy) is 1. The van der Waals surface area contributed by atoms with Crippen LogP contribution in [-0.4, -0.2) is 30.6 Å². The lowest BCUT2D eigenvalue weighted by atomic mass is 9.78. The number of nitrogens with one attached hydrogen (secondary N) is 2. The molecule has 7 nitrogen and oxygen atoms in total. The highest BCUT2D eigenvalue weighted by Gasteiger charge is 2.44. The van der Waals surface area contributed by atoms with Crippen LogP contribution in [0.1, 0.15) is 22.6 Å². The van der Waals surface area contributed by atoms with Crippen LogP contribution in [0.25, 0.3) is 0 Å². The Labute approximate surface area is 190 Å². The number of anilines is 1. The van der Waals surface area contributed by atoms with Crippen molar-refractivity contribution in [3.63, 3.8) is 0 Å². The number of hydrogen-bond acceptors (Lipinski definition) is 6. The molecule has 0 fully saturated rings. The summed E-state index contributed by atoms with van der Waals surface area (Å²) >= 11 is 1.05. The van der Waals surface area contributed by atoms with Crippen molar-refractivity contribution >= 4 is 35.2 Å². The van der Waals surface area contributed by atoms with Crippen LogP contribution < -0.4 is 10.6 Å². The fraction of sp³-hybridized carbons (Fsp3) is 0.250. The monoisotopic (exact) mass is 449 g/mol. The first kappa shape index (κ1) is 23.1. The summed E-state index contributed by atoms with van der Waals surface area (Å²) in [5, 5.41) is 15.6. The third-order valence-electron chi connectivity index (χ3n) is 5.37. The van der Waals surface area contributed by atoms with Crippen LogP contribution in [0.2, 0.25) is 0 Å². The third-order valence-corrected chi connectivity index (χ3v) is 6.39. The van der Waals surface area contributed by atoms with Crippen molar-refractivity contribution in [2.75, 3.05) is 18.2 Å². The molecule has 0 radical (unpaired) electrons. The minimum absolute atomic E-state index is 0.0153. The number of methoxy groups -OCH3 is 1. The number of aryl methyl sites for hydroxylation is 1. The molecule has 8 heteroatoms. The van der Waals surface area contributed by atoms with Crippen LogP contribution in [0.5, 0.6) is 0 Å². The Balaban J connectivity index is 1.87. The summed E-state index contributed by atoms with van der Waals surface area (Å²) in [7, 11) is 1.20. The Kier molecular flexibility index (Phi) is 7.33. The van der Waals surface area contributed by atoms with Crippen molar-refractivity contribution in [2.45, 2.75) is 19.8 Å². The average molecular weight is 450 g/mol. The van der Waals surface area contributed by atoms with Crippen molar-refractivity contribution in [2.24, 2.45) is 5.92 Å². The van der Waals surface area contributed by atoms with Crippen LogP contribution in [0, 0.1) is 31.1 Å². The second-order valence-corrected chi connectivity index (χ2v) is 8.30. The molecule has 0 bridgehead atoms. The van der Waals surface area contributed by atoms with Crippen molar-refractivity contribution in [3.8, 4) is 6.07 Å². The minimum Gasteiger partial charge on any atom is -0.468 e. The zero-order valence-electron chi connectivity index (χ0n) is 18.0. The van der Waals surface area contributed by atoms with Crippen molar-refractivity contribution < 1.29 is 19.1 Å². The van der Waals surface area contributed by atoms with E-state index in [2.05, 4.69) is 16.7 Å². The highest BCUT2D eigenvalue weighted by Crippen LogP contribution is 2.40. The number of carbonyl (C=O) groups is 3. The van der Waals surface area contributed by atoms with Gasteiger partial charge in [0.1, 0.15) is 5.92 Å². The lowest BCUT2D eigenvalue weighted by molar-refractivity contribution is -0.150. The molecule has 0 saturated heterocycles. The predicted molar refractivity (Wildman–Crippen MR) is 122 cm³/mol. The van der Waals surface area contributed by atoms with Crippen molar-refractivity contribution in [1.29, 1.82) is 5.26 Å². The van der Waals surface area contributed by atoms with Gasteiger partial charge in [-0.05, 0) is 36.6 Å². The summed E-state index contributed by atoms with van der Waals surface area (Å²) in [6, 6.07) is 16.6. The quantitative estimate of drug-likeness (QED) is 0.517. The number of benzene rings is 2. The van der Waals surface area contributed by atoms with Gasteiger partial charge in [0.05, 0.1) is 29.5 Å². The number of nitriles is 1. The number of rotatable bonds is 6. The molecule has 0 aliphatic carbocycles. The fourth-order valence-corrected chi connectivity index (χ4v) is 4.40. The normalized spacial score (nSPS) is 17.9. The van der Waals surface area contributed by atoms with Gasteiger partial charge in [-0.1, -0.05) is 54.2 Å². The second kappa shape index (κ2) is 10.2. The van der Waals surface area contributed by atoms with Crippen molar-refractivity contribution in [1.82, 2.24) is 5.32 Å². The number of amides is 2. The summed E-state index contributed by atoms with van der Waals surface area (Å²) in [5.74, 6) is -3.56. The number of hydrogen-bond donors (Lipinski definition) is 2. The van der Waals surface area contributed by atoms with Crippen LogP contribution in [0.15, 0.2) is 59.1 Å². The molecule has 0 aromatic heterocycles. The predicted octanol–water partition coefficient (Wildman–Crippen LogP) is 3.41. The van der Waals surface area contributed by atoms with E-state index in [9.17, 15) is 19.6 Å². The van der Waals surface area contributed by atoms with Gasteiger partial charge in [0, 0.05) is 11.6 Å². The molecule has 2 atom stereocenters. The molecule has 32 heavy (non-hydrogen) atoms. The van der Waals surface area contributed by atoms with Crippen LogP contribution in [0.4, 0.5) is 5.69 Å². The number of thioether (sulfide) groups is 1. The van der Waals surface area contributed by atoms with E-state index in [0.717, 1.165) is 22.9 Å². The first-order chi connectivity index (χ1) is 15.4. The van der Waals surface area contributed by atoms with E-state index in [4.69, 9.17) is 4.74 Å². The number of esters is 1. The van der Waals surface area contributed by atoms with Gasteiger partial charge in [0.15, 0.2) is 0 Å². The van der Waals surface area contributed by atoms with Gasteiger partial charge in [0.25, 0.3) is 0 Å². The molecule has 1 heterocycles. The SMILES string of the molecule is COC(=O)[C@@H]1C(=O)NC(SCC(=O)Nc2cccc(C)c2C)=C(C#N)[C@H]1c1ccccc1. The minimum atomic E-state index is -1.19. The Morgan fingerprint density at radius 2 is 1.88 bits per heavy atom. The van der Waals surface area contributed by atoms with Gasteiger partial charge >= 0.3 is 5.97 Å². The Bertz CT molecular complexity index is 1120. The summed E-state index contributed by atoms with van der Waals surface area (Å²) in [6.07, 6.45) is 0. The highest BCUT2D eigenvalue weighted by molar-refractivity contribution is 8.03. The highest BCUT2D eigenvalue weighted by atomic mass is 32.2. The van der Waals surface area contributed by atoms with E-state index >= 15 is 0 Å². The molecular weight excluding hydrogens is 426 g/mol. The Hall–Kier alpha value is -3.57. The van der Waals surface area contributed by atoms with E-state index < -0.39 is 23.7 Å². The molecule has 0 unspecified atom stereocenters. The summed E-state index contributed by atoms with van der Waals surface area (Å²) in [6.45, 7) is 3.88. The number of allylic oxidation sites excluding steroid dienone is 1. The Morgan fingerprint density at radius 1 is 1.16 bits per heavy atom. The lowest BCUT2D eigenvalue weighted by Gasteiger charge is -2.30. The van der Waals surface area contributed by atoms with Gasteiger partial charge in [-0.25, -0.2) is 0 Å². The molecule has 2 aromatic rings. The van der Waals surface area contributed by atoms with Gasteiger partial charge in [-0.2, -0.15) is 5.26 Å². The summed E-state index contributed by atoms with van der Waals surface area (Å²) in [4.78, 5) is 37.7. The Morgan fingerprint density at radius 3 is 2.53 bits per heavy atom. The van der Waals surface area contributed by atoms with Crippen LogP contribution in [0.3, 0.4) is 0 Å². The maximum atomic E-state index is 12.8. The topological polar surface area (TPSA) is 108 Å². The molecule has 164 valence electrons. The standard InChI is InChI=1S/C24H23N3O4S/c1-14-8-7-11-18(15(14)2)26-19(28)13-32-23-17(12-25)20(16-9-5-4-6-10-16)21(22(29)27-23)24(30)31-3/h4-11,20-21H,13H2,1-3H3,(H,26,28)(H,27,29)/t20-,21+/m1/s1. The van der Waals surface area contributed by atoms with Gasteiger partial charge in [0.2, 0.25) is 11.8 Å². The molecule has 2 N–H and O–H groups in total. The van der Waals surface area contributed by atoms with Crippen LogP contribution >= 0.6 is 11.8 Å². The molecule has 1 aliphatic rings. The zero-order chi connectivity index (χ0) is 23.3. The zero-order valence-corrected chi connectivity index (χ0v) is 18.8. The van der Waals surface area contributed by atoms with Gasteiger partial charge < -0.3 is 15.4 Å².